The van der Waals surface area contributed by atoms with Crippen LogP contribution in [-0.2, 0) is 9.53 Å². The summed E-state index contributed by atoms with van der Waals surface area (Å²) in [5.74, 6) is 0.0306. The largest absolute Gasteiger partial charge is 0.469 e. The number of rotatable bonds is 1. The number of ether oxygens (including phenoxy) is 1. The van der Waals surface area contributed by atoms with Gasteiger partial charge in [0.2, 0.25) is 0 Å². The molecule has 0 bridgehead atoms. The maximum absolute atomic E-state index is 11.5. The molecule has 0 aromatic rings. The number of hydrogen-bond acceptors (Lipinski definition) is 2. The minimum Gasteiger partial charge on any atom is -0.469 e. The number of carbonyl (C=O) groups excluding carboxylic acids is 1. The van der Waals surface area contributed by atoms with E-state index in [1.54, 1.807) is 0 Å². The standard InChI is InChI=1S/C11H20O2/c1-10(2)6-8(9(12)13-5)11(3,4)7-10/h8H,6-7H2,1-5H3. The number of methoxy groups -OCH3 is 1. The fraction of sp³-hybridized carbons (Fsp3) is 0.909. The predicted molar refractivity (Wildman–Crippen MR) is 52.3 cm³/mol. The normalized spacial score (nSPS) is 30.1. The molecule has 1 aliphatic carbocycles. The Kier molecular flexibility index (Phi) is 2.44. The molecular weight excluding hydrogens is 164 g/mol. The van der Waals surface area contributed by atoms with Crippen LogP contribution in [-0.4, -0.2) is 13.1 Å². The first-order chi connectivity index (χ1) is 5.78. The van der Waals surface area contributed by atoms with Crippen LogP contribution in [0.1, 0.15) is 40.5 Å². The zero-order valence-corrected chi connectivity index (χ0v) is 9.31. The van der Waals surface area contributed by atoms with Gasteiger partial charge in [0.05, 0.1) is 13.0 Å². The van der Waals surface area contributed by atoms with E-state index in [2.05, 4.69) is 27.7 Å². The molecule has 1 rings (SSSR count). The summed E-state index contributed by atoms with van der Waals surface area (Å²) >= 11 is 0. The van der Waals surface area contributed by atoms with Crippen LogP contribution in [0.3, 0.4) is 0 Å². The molecule has 0 aromatic heterocycles. The second-order valence-corrected chi connectivity index (χ2v) is 5.61. The third-order valence-electron chi connectivity index (χ3n) is 3.12. The summed E-state index contributed by atoms with van der Waals surface area (Å²) in [4.78, 5) is 11.5. The molecule has 13 heavy (non-hydrogen) atoms. The first-order valence-electron chi connectivity index (χ1n) is 4.86. The van der Waals surface area contributed by atoms with Gasteiger partial charge in [-0.3, -0.25) is 4.79 Å². The molecule has 76 valence electrons. The van der Waals surface area contributed by atoms with Crippen molar-refractivity contribution in [3.63, 3.8) is 0 Å². The van der Waals surface area contributed by atoms with Gasteiger partial charge in [-0.1, -0.05) is 27.7 Å². The van der Waals surface area contributed by atoms with Gasteiger partial charge < -0.3 is 4.74 Å². The van der Waals surface area contributed by atoms with Crippen LogP contribution in [0.25, 0.3) is 0 Å². The Labute approximate surface area is 80.7 Å². The van der Waals surface area contributed by atoms with Gasteiger partial charge in [0.1, 0.15) is 0 Å². The molecule has 0 spiro atoms. The van der Waals surface area contributed by atoms with Crippen molar-refractivity contribution in [1.29, 1.82) is 0 Å². The molecule has 0 aliphatic heterocycles. The van der Waals surface area contributed by atoms with Gasteiger partial charge in [-0.15, -0.1) is 0 Å². The molecule has 0 saturated heterocycles. The molecule has 1 aliphatic rings. The third-order valence-corrected chi connectivity index (χ3v) is 3.12. The van der Waals surface area contributed by atoms with Gasteiger partial charge in [0.15, 0.2) is 0 Å². The van der Waals surface area contributed by atoms with E-state index in [1.807, 2.05) is 0 Å². The highest BCUT2D eigenvalue weighted by atomic mass is 16.5. The Bertz CT molecular complexity index is 216. The van der Waals surface area contributed by atoms with Gasteiger partial charge in [-0.05, 0) is 23.7 Å². The summed E-state index contributed by atoms with van der Waals surface area (Å²) in [7, 11) is 1.48. The molecule has 0 heterocycles. The lowest BCUT2D eigenvalue weighted by Gasteiger charge is -2.24. The van der Waals surface area contributed by atoms with E-state index in [0.29, 0.717) is 0 Å². The van der Waals surface area contributed by atoms with E-state index in [-0.39, 0.29) is 22.7 Å². The Morgan fingerprint density at radius 1 is 1.31 bits per heavy atom. The Hall–Kier alpha value is -0.530. The van der Waals surface area contributed by atoms with Crippen molar-refractivity contribution in [3.05, 3.63) is 0 Å². The summed E-state index contributed by atoms with van der Waals surface area (Å²) in [6.07, 6.45) is 2.05. The van der Waals surface area contributed by atoms with E-state index < -0.39 is 0 Å². The molecule has 2 heteroatoms. The highest BCUT2D eigenvalue weighted by molar-refractivity contribution is 5.73. The SMILES string of the molecule is COC(=O)C1CC(C)(C)CC1(C)C. The molecule has 0 radical (unpaired) electrons. The van der Waals surface area contributed by atoms with Crippen LogP contribution < -0.4 is 0 Å². The lowest BCUT2D eigenvalue weighted by molar-refractivity contribution is -0.148. The average molecular weight is 184 g/mol. The van der Waals surface area contributed by atoms with E-state index in [0.717, 1.165) is 12.8 Å². The van der Waals surface area contributed by atoms with Crippen LogP contribution in [0.15, 0.2) is 0 Å². The molecular formula is C11H20O2. The monoisotopic (exact) mass is 184 g/mol. The first kappa shape index (κ1) is 10.6. The Morgan fingerprint density at radius 3 is 2.15 bits per heavy atom. The zero-order chi connectivity index (χ0) is 10.3. The second kappa shape index (κ2) is 3.00. The maximum atomic E-state index is 11.5. The van der Waals surface area contributed by atoms with E-state index >= 15 is 0 Å². The smallest absolute Gasteiger partial charge is 0.309 e. The first-order valence-corrected chi connectivity index (χ1v) is 4.86. The lowest BCUT2D eigenvalue weighted by Crippen LogP contribution is -2.26. The molecule has 0 aromatic carbocycles. The topological polar surface area (TPSA) is 26.3 Å². The second-order valence-electron chi connectivity index (χ2n) is 5.61. The van der Waals surface area contributed by atoms with Crippen LogP contribution in [0.2, 0.25) is 0 Å². The van der Waals surface area contributed by atoms with Gasteiger partial charge in [0.25, 0.3) is 0 Å². The number of hydrogen-bond donors (Lipinski definition) is 0. The lowest BCUT2D eigenvalue weighted by atomic mass is 9.81. The fourth-order valence-electron chi connectivity index (χ4n) is 2.80. The van der Waals surface area contributed by atoms with Gasteiger partial charge >= 0.3 is 5.97 Å². The van der Waals surface area contributed by atoms with Crippen molar-refractivity contribution < 1.29 is 9.53 Å². The van der Waals surface area contributed by atoms with Gasteiger partial charge in [-0.2, -0.15) is 0 Å². The van der Waals surface area contributed by atoms with E-state index in [1.165, 1.54) is 7.11 Å². The molecule has 1 saturated carbocycles. The Morgan fingerprint density at radius 2 is 1.85 bits per heavy atom. The van der Waals surface area contributed by atoms with Crippen molar-refractivity contribution in [2.45, 2.75) is 40.5 Å². The van der Waals surface area contributed by atoms with Crippen LogP contribution in [0, 0.1) is 16.7 Å². The molecule has 1 atom stereocenters. The highest BCUT2D eigenvalue weighted by Crippen LogP contribution is 2.52. The van der Waals surface area contributed by atoms with Gasteiger partial charge in [0, 0.05) is 0 Å². The van der Waals surface area contributed by atoms with Crippen molar-refractivity contribution in [2.75, 3.05) is 7.11 Å². The molecule has 0 N–H and O–H groups in total. The van der Waals surface area contributed by atoms with Crippen molar-refractivity contribution in [2.24, 2.45) is 16.7 Å². The van der Waals surface area contributed by atoms with Crippen molar-refractivity contribution in [1.82, 2.24) is 0 Å². The molecule has 2 nitrogen and oxygen atoms in total. The summed E-state index contributed by atoms with van der Waals surface area (Å²) in [6, 6.07) is 0. The minimum absolute atomic E-state index is 0.0458. The summed E-state index contributed by atoms with van der Waals surface area (Å²) in [5.41, 5.74) is 0.374. The summed E-state index contributed by atoms with van der Waals surface area (Å²) in [5, 5.41) is 0. The third kappa shape index (κ3) is 2.04. The van der Waals surface area contributed by atoms with E-state index in [4.69, 9.17) is 4.74 Å². The molecule has 1 fully saturated rings. The van der Waals surface area contributed by atoms with Crippen LogP contribution in [0.4, 0.5) is 0 Å². The van der Waals surface area contributed by atoms with Crippen molar-refractivity contribution in [3.8, 4) is 0 Å². The van der Waals surface area contributed by atoms with Crippen molar-refractivity contribution >= 4 is 5.97 Å². The zero-order valence-electron chi connectivity index (χ0n) is 9.31. The Balaban J connectivity index is 2.82. The predicted octanol–water partition coefficient (Wildman–Crippen LogP) is 2.62. The van der Waals surface area contributed by atoms with Crippen LogP contribution in [0.5, 0.6) is 0 Å². The fourth-order valence-corrected chi connectivity index (χ4v) is 2.80. The number of carbonyl (C=O) groups is 1. The van der Waals surface area contributed by atoms with E-state index in [9.17, 15) is 4.79 Å². The van der Waals surface area contributed by atoms with Crippen LogP contribution >= 0.6 is 0 Å². The average Bonchev–Trinajstić information content (AvgIpc) is 2.17. The molecule has 1 unspecified atom stereocenters. The molecule has 0 amide bonds. The quantitative estimate of drug-likeness (QED) is 0.585. The highest BCUT2D eigenvalue weighted by Gasteiger charge is 2.48. The number of esters is 1. The minimum atomic E-state index is -0.0458. The van der Waals surface area contributed by atoms with Gasteiger partial charge in [-0.25, -0.2) is 0 Å². The summed E-state index contributed by atoms with van der Waals surface area (Å²) in [6.45, 7) is 8.75. The summed E-state index contributed by atoms with van der Waals surface area (Å²) < 4.78 is 4.82. The maximum Gasteiger partial charge on any atom is 0.309 e.